The van der Waals surface area contributed by atoms with Crippen molar-refractivity contribution in [1.29, 1.82) is 0 Å². The molecule has 0 spiro atoms. The monoisotopic (exact) mass is 186 g/mol. The van der Waals surface area contributed by atoms with Gasteiger partial charge in [0.25, 0.3) is 0 Å². The molecule has 3 heteroatoms. The predicted molar refractivity (Wildman–Crippen MR) is 54.6 cm³/mol. The fourth-order valence-corrected chi connectivity index (χ4v) is 1.90. The van der Waals surface area contributed by atoms with E-state index in [-0.39, 0.29) is 0 Å². The molecule has 0 aromatic rings. The summed E-state index contributed by atoms with van der Waals surface area (Å²) in [5.41, 5.74) is 5.31. The zero-order valence-electron chi connectivity index (χ0n) is 8.79. The molecule has 0 bridgehead atoms. The van der Waals surface area contributed by atoms with Crippen LogP contribution in [0.4, 0.5) is 0 Å². The molecule has 13 heavy (non-hydrogen) atoms. The van der Waals surface area contributed by atoms with Crippen molar-refractivity contribution in [3.63, 3.8) is 0 Å². The highest BCUT2D eigenvalue weighted by molar-refractivity contribution is 4.85. The van der Waals surface area contributed by atoms with Crippen LogP contribution in [0.1, 0.15) is 33.1 Å². The molecule has 3 N–H and O–H groups in total. The average molecular weight is 186 g/mol. The molecule has 1 fully saturated rings. The summed E-state index contributed by atoms with van der Waals surface area (Å²) in [7, 11) is 0. The number of nitrogens with two attached hydrogens (primary N) is 1. The number of hydrogen-bond donors (Lipinski definition) is 2. The van der Waals surface area contributed by atoms with Gasteiger partial charge in [0.1, 0.15) is 0 Å². The lowest BCUT2D eigenvalue weighted by atomic mass is 9.97. The van der Waals surface area contributed by atoms with Gasteiger partial charge in [-0.1, -0.05) is 13.8 Å². The van der Waals surface area contributed by atoms with Gasteiger partial charge < -0.3 is 10.8 Å². The Balaban J connectivity index is 2.38. The maximum atomic E-state index is 10.1. The van der Waals surface area contributed by atoms with Gasteiger partial charge in [0, 0.05) is 19.1 Å². The molecule has 0 radical (unpaired) electrons. The molecule has 1 rings (SSSR count). The van der Waals surface area contributed by atoms with Crippen LogP contribution in [0, 0.1) is 0 Å². The van der Waals surface area contributed by atoms with Crippen LogP contribution in [0.5, 0.6) is 0 Å². The minimum Gasteiger partial charge on any atom is -0.389 e. The normalized spacial score (nSPS) is 25.4. The zero-order valence-corrected chi connectivity index (χ0v) is 8.79. The number of rotatable bonds is 4. The number of hydrogen-bond acceptors (Lipinski definition) is 3. The minimum atomic E-state index is -0.496. The topological polar surface area (TPSA) is 49.5 Å². The van der Waals surface area contributed by atoms with Crippen LogP contribution < -0.4 is 5.73 Å². The van der Waals surface area contributed by atoms with Crippen molar-refractivity contribution in [2.24, 2.45) is 5.73 Å². The first-order valence-corrected chi connectivity index (χ1v) is 5.30. The third kappa shape index (κ3) is 2.93. The lowest BCUT2D eigenvalue weighted by Gasteiger charge is -2.30. The summed E-state index contributed by atoms with van der Waals surface area (Å²) < 4.78 is 0. The van der Waals surface area contributed by atoms with E-state index in [2.05, 4.69) is 4.90 Å². The first kappa shape index (κ1) is 11.0. The third-order valence-corrected chi connectivity index (χ3v) is 3.14. The second-order valence-corrected chi connectivity index (χ2v) is 4.22. The molecule has 1 atom stereocenters. The number of likely N-dealkylation sites (tertiary alicyclic amines) is 1. The lowest BCUT2D eigenvalue weighted by Crippen LogP contribution is -2.42. The van der Waals surface area contributed by atoms with Crippen LogP contribution in [-0.2, 0) is 0 Å². The van der Waals surface area contributed by atoms with E-state index >= 15 is 0 Å². The van der Waals surface area contributed by atoms with Gasteiger partial charge in [-0.3, -0.25) is 4.90 Å². The summed E-state index contributed by atoms with van der Waals surface area (Å²) in [6.07, 6.45) is 2.73. The summed E-state index contributed by atoms with van der Waals surface area (Å²) >= 11 is 0. The Morgan fingerprint density at radius 3 is 2.46 bits per heavy atom. The Hall–Kier alpha value is -0.120. The van der Waals surface area contributed by atoms with Crippen LogP contribution in [0.2, 0.25) is 0 Å². The van der Waals surface area contributed by atoms with Crippen LogP contribution >= 0.6 is 0 Å². The molecule has 0 aromatic heterocycles. The van der Waals surface area contributed by atoms with E-state index in [9.17, 15) is 5.11 Å². The van der Waals surface area contributed by atoms with Gasteiger partial charge in [0.2, 0.25) is 0 Å². The van der Waals surface area contributed by atoms with Crippen molar-refractivity contribution in [2.45, 2.75) is 44.8 Å². The Labute approximate surface area is 80.9 Å². The highest BCUT2D eigenvalue weighted by atomic mass is 16.3. The van der Waals surface area contributed by atoms with Gasteiger partial charge in [0.05, 0.1) is 5.60 Å². The Bertz CT molecular complexity index is 157. The van der Waals surface area contributed by atoms with E-state index < -0.39 is 5.60 Å². The first-order valence-electron chi connectivity index (χ1n) is 5.30. The molecule has 1 saturated heterocycles. The Morgan fingerprint density at radius 2 is 2.08 bits per heavy atom. The van der Waals surface area contributed by atoms with E-state index in [1.807, 2.05) is 13.8 Å². The SMILES string of the molecule is CCC(O)(CC)CN1CCC(N)C1. The van der Waals surface area contributed by atoms with Crippen LogP contribution in [0.25, 0.3) is 0 Å². The Kier molecular flexibility index (Phi) is 3.71. The second-order valence-electron chi connectivity index (χ2n) is 4.22. The number of aliphatic hydroxyl groups is 1. The van der Waals surface area contributed by atoms with Gasteiger partial charge in [-0.25, -0.2) is 0 Å². The molecule has 1 aliphatic heterocycles. The molecule has 0 saturated carbocycles. The van der Waals surface area contributed by atoms with Crippen molar-refractivity contribution in [2.75, 3.05) is 19.6 Å². The van der Waals surface area contributed by atoms with E-state index in [0.29, 0.717) is 6.04 Å². The number of β-amino-alcohol motifs (C(OH)–C–C–N with tert-alkyl or cyclic N) is 1. The quantitative estimate of drug-likeness (QED) is 0.675. The van der Waals surface area contributed by atoms with Crippen LogP contribution in [0.3, 0.4) is 0 Å². The molecular weight excluding hydrogens is 164 g/mol. The summed E-state index contributed by atoms with van der Waals surface area (Å²) in [4.78, 5) is 2.28. The predicted octanol–water partition coefficient (Wildman–Crippen LogP) is 0.571. The summed E-state index contributed by atoms with van der Waals surface area (Å²) in [5.74, 6) is 0. The van der Waals surface area contributed by atoms with E-state index in [0.717, 1.165) is 38.9 Å². The largest absolute Gasteiger partial charge is 0.389 e. The second kappa shape index (κ2) is 4.40. The van der Waals surface area contributed by atoms with Gasteiger partial charge in [-0.2, -0.15) is 0 Å². The molecule has 0 amide bonds. The number of nitrogens with zero attached hydrogens (tertiary/aromatic N) is 1. The molecule has 3 nitrogen and oxygen atoms in total. The van der Waals surface area contributed by atoms with Gasteiger partial charge >= 0.3 is 0 Å². The van der Waals surface area contributed by atoms with Crippen LogP contribution in [-0.4, -0.2) is 41.3 Å². The smallest absolute Gasteiger partial charge is 0.0768 e. The van der Waals surface area contributed by atoms with Crippen molar-refractivity contribution in [3.05, 3.63) is 0 Å². The Morgan fingerprint density at radius 1 is 1.46 bits per heavy atom. The highest BCUT2D eigenvalue weighted by Gasteiger charge is 2.28. The van der Waals surface area contributed by atoms with Gasteiger partial charge in [-0.15, -0.1) is 0 Å². The molecule has 78 valence electrons. The standard InChI is InChI=1S/C10H22N2O/c1-3-10(13,4-2)8-12-6-5-9(11)7-12/h9,13H,3-8,11H2,1-2H3. The van der Waals surface area contributed by atoms with Gasteiger partial charge in [-0.05, 0) is 25.8 Å². The molecular formula is C10H22N2O. The van der Waals surface area contributed by atoms with E-state index in [1.54, 1.807) is 0 Å². The van der Waals surface area contributed by atoms with Crippen molar-refractivity contribution < 1.29 is 5.11 Å². The average Bonchev–Trinajstić information content (AvgIpc) is 2.51. The van der Waals surface area contributed by atoms with Crippen molar-refractivity contribution in [3.8, 4) is 0 Å². The molecule has 1 unspecified atom stereocenters. The van der Waals surface area contributed by atoms with Gasteiger partial charge in [0.15, 0.2) is 0 Å². The fraction of sp³-hybridized carbons (Fsp3) is 1.00. The van der Waals surface area contributed by atoms with Crippen LogP contribution in [0.15, 0.2) is 0 Å². The molecule has 0 aliphatic carbocycles. The summed E-state index contributed by atoms with van der Waals surface area (Å²) in [5, 5.41) is 10.1. The minimum absolute atomic E-state index is 0.318. The highest BCUT2D eigenvalue weighted by Crippen LogP contribution is 2.19. The lowest BCUT2D eigenvalue weighted by molar-refractivity contribution is 0.00223. The third-order valence-electron chi connectivity index (χ3n) is 3.14. The molecule has 0 aromatic carbocycles. The van der Waals surface area contributed by atoms with Crippen molar-refractivity contribution >= 4 is 0 Å². The first-order chi connectivity index (χ1) is 6.09. The summed E-state index contributed by atoms with van der Waals surface area (Å²) in [6, 6.07) is 0.318. The van der Waals surface area contributed by atoms with E-state index in [1.165, 1.54) is 0 Å². The van der Waals surface area contributed by atoms with E-state index in [4.69, 9.17) is 5.73 Å². The maximum Gasteiger partial charge on any atom is 0.0768 e. The molecule has 1 aliphatic rings. The van der Waals surface area contributed by atoms with Crippen molar-refractivity contribution in [1.82, 2.24) is 4.90 Å². The fourth-order valence-electron chi connectivity index (χ4n) is 1.90. The summed E-state index contributed by atoms with van der Waals surface area (Å²) in [6.45, 7) is 6.86. The zero-order chi connectivity index (χ0) is 9.90. The maximum absolute atomic E-state index is 10.1. The molecule has 1 heterocycles.